The van der Waals surface area contributed by atoms with Gasteiger partial charge in [0, 0.05) is 4.47 Å². The summed E-state index contributed by atoms with van der Waals surface area (Å²) >= 11 is 9.01. The SMILES string of the molecule is CC(C)C(Nc1c(Cl)cc(F)cc1Br)C(=O)O. The molecule has 0 heterocycles. The van der Waals surface area contributed by atoms with Crippen molar-refractivity contribution < 1.29 is 14.3 Å². The zero-order valence-corrected chi connectivity index (χ0v) is 11.6. The Morgan fingerprint density at radius 3 is 2.53 bits per heavy atom. The fourth-order valence-electron chi connectivity index (χ4n) is 1.35. The average Bonchev–Trinajstić information content (AvgIpc) is 2.14. The van der Waals surface area contributed by atoms with Gasteiger partial charge in [0.15, 0.2) is 0 Å². The van der Waals surface area contributed by atoms with Crippen LogP contribution in [0.25, 0.3) is 0 Å². The Morgan fingerprint density at radius 1 is 1.53 bits per heavy atom. The van der Waals surface area contributed by atoms with Crippen LogP contribution in [0.3, 0.4) is 0 Å². The lowest BCUT2D eigenvalue weighted by atomic mass is 10.0. The molecule has 0 aliphatic rings. The Hall–Kier alpha value is -0.810. The summed E-state index contributed by atoms with van der Waals surface area (Å²) in [5.41, 5.74) is 0.383. The predicted octanol–water partition coefficient (Wildman–Crippen LogP) is 3.76. The topological polar surface area (TPSA) is 49.3 Å². The number of carbonyl (C=O) groups is 1. The molecule has 1 aromatic carbocycles. The van der Waals surface area contributed by atoms with Crippen LogP contribution >= 0.6 is 27.5 Å². The molecule has 0 aliphatic carbocycles. The van der Waals surface area contributed by atoms with Crippen LogP contribution in [-0.4, -0.2) is 17.1 Å². The van der Waals surface area contributed by atoms with Gasteiger partial charge in [-0.1, -0.05) is 25.4 Å². The van der Waals surface area contributed by atoms with Crippen molar-refractivity contribution in [2.24, 2.45) is 5.92 Å². The molecule has 6 heteroatoms. The van der Waals surface area contributed by atoms with E-state index in [0.717, 1.165) is 6.07 Å². The molecule has 2 N–H and O–H groups in total. The van der Waals surface area contributed by atoms with Crippen molar-refractivity contribution in [3.8, 4) is 0 Å². The number of hydrogen-bond acceptors (Lipinski definition) is 2. The van der Waals surface area contributed by atoms with E-state index in [1.807, 2.05) is 0 Å². The summed E-state index contributed by atoms with van der Waals surface area (Å²) in [5, 5.41) is 12.0. The van der Waals surface area contributed by atoms with Crippen molar-refractivity contribution in [2.45, 2.75) is 19.9 Å². The number of nitrogens with one attached hydrogen (secondary N) is 1. The molecular weight excluding hydrogens is 312 g/mol. The monoisotopic (exact) mass is 323 g/mol. The lowest BCUT2D eigenvalue weighted by Crippen LogP contribution is -2.34. The zero-order chi connectivity index (χ0) is 13.2. The second kappa shape index (κ2) is 5.69. The molecule has 0 fully saturated rings. The van der Waals surface area contributed by atoms with Gasteiger partial charge in [-0.05, 0) is 34.0 Å². The van der Waals surface area contributed by atoms with E-state index in [-0.39, 0.29) is 10.9 Å². The molecule has 1 unspecified atom stereocenters. The molecule has 3 nitrogen and oxygen atoms in total. The molecule has 0 saturated carbocycles. The predicted molar refractivity (Wildman–Crippen MR) is 69.0 cm³/mol. The van der Waals surface area contributed by atoms with Crippen molar-refractivity contribution >= 4 is 39.2 Å². The van der Waals surface area contributed by atoms with Gasteiger partial charge in [0.05, 0.1) is 10.7 Å². The summed E-state index contributed by atoms with van der Waals surface area (Å²) in [7, 11) is 0. The van der Waals surface area contributed by atoms with Gasteiger partial charge < -0.3 is 10.4 Å². The van der Waals surface area contributed by atoms with Crippen LogP contribution in [0.5, 0.6) is 0 Å². The van der Waals surface area contributed by atoms with Crippen molar-refractivity contribution in [1.82, 2.24) is 0 Å². The Morgan fingerprint density at radius 2 is 2.12 bits per heavy atom. The summed E-state index contributed by atoms with van der Waals surface area (Å²) in [4.78, 5) is 11.0. The minimum Gasteiger partial charge on any atom is -0.480 e. The highest BCUT2D eigenvalue weighted by molar-refractivity contribution is 9.10. The molecule has 1 atom stereocenters. The Kier molecular flexibility index (Phi) is 4.77. The first-order chi connectivity index (χ1) is 7.82. The lowest BCUT2D eigenvalue weighted by Gasteiger charge is -2.20. The number of rotatable bonds is 4. The van der Waals surface area contributed by atoms with E-state index in [9.17, 15) is 9.18 Å². The van der Waals surface area contributed by atoms with Gasteiger partial charge in [0.1, 0.15) is 11.9 Å². The maximum Gasteiger partial charge on any atom is 0.326 e. The maximum atomic E-state index is 13.0. The normalized spacial score (nSPS) is 12.6. The van der Waals surface area contributed by atoms with Gasteiger partial charge in [-0.2, -0.15) is 0 Å². The highest BCUT2D eigenvalue weighted by atomic mass is 79.9. The molecule has 0 aliphatic heterocycles. The quantitative estimate of drug-likeness (QED) is 0.886. The summed E-state index contributed by atoms with van der Waals surface area (Å²) in [5.74, 6) is -1.59. The number of carboxylic acids is 1. The third-order valence-corrected chi connectivity index (χ3v) is 3.16. The Labute approximate surface area is 112 Å². The number of carboxylic acid groups (broad SMARTS) is 1. The summed E-state index contributed by atoms with van der Waals surface area (Å²) < 4.78 is 13.4. The maximum absolute atomic E-state index is 13.0. The minimum atomic E-state index is -0.979. The van der Waals surface area contributed by atoms with E-state index < -0.39 is 17.8 Å². The van der Waals surface area contributed by atoms with Crippen LogP contribution in [0.15, 0.2) is 16.6 Å². The average molecular weight is 325 g/mol. The molecular formula is C11H12BrClFNO2. The number of hydrogen-bond donors (Lipinski definition) is 2. The van der Waals surface area contributed by atoms with Gasteiger partial charge in [-0.15, -0.1) is 0 Å². The largest absolute Gasteiger partial charge is 0.480 e. The number of aliphatic carboxylic acids is 1. The molecule has 0 bridgehead atoms. The second-order valence-corrected chi connectivity index (χ2v) is 5.21. The van der Waals surface area contributed by atoms with E-state index in [0.29, 0.717) is 10.2 Å². The highest BCUT2D eigenvalue weighted by Gasteiger charge is 2.23. The summed E-state index contributed by atoms with van der Waals surface area (Å²) in [6.45, 7) is 3.55. The molecule has 0 amide bonds. The van der Waals surface area contributed by atoms with Gasteiger partial charge in [-0.3, -0.25) is 0 Å². The zero-order valence-electron chi connectivity index (χ0n) is 9.30. The van der Waals surface area contributed by atoms with Crippen LogP contribution < -0.4 is 5.32 Å². The van der Waals surface area contributed by atoms with E-state index in [2.05, 4.69) is 21.2 Å². The van der Waals surface area contributed by atoms with E-state index >= 15 is 0 Å². The Bertz CT molecular complexity index is 416. The van der Waals surface area contributed by atoms with Crippen LogP contribution in [-0.2, 0) is 4.79 Å². The highest BCUT2D eigenvalue weighted by Crippen LogP contribution is 2.32. The number of benzene rings is 1. The molecule has 1 rings (SSSR count). The summed E-state index contributed by atoms with van der Waals surface area (Å²) in [6, 6.07) is 1.58. The minimum absolute atomic E-state index is 0.125. The first kappa shape index (κ1) is 14.3. The lowest BCUT2D eigenvalue weighted by molar-refractivity contribution is -0.138. The van der Waals surface area contributed by atoms with Crippen LogP contribution in [0.1, 0.15) is 13.8 Å². The van der Waals surface area contributed by atoms with Gasteiger partial charge >= 0.3 is 5.97 Å². The molecule has 17 heavy (non-hydrogen) atoms. The molecule has 1 aromatic rings. The van der Waals surface area contributed by atoms with E-state index in [1.54, 1.807) is 13.8 Å². The molecule has 0 radical (unpaired) electrons. The fraction of sp³-hybridized carbons (Fsp3) is 0.364. The smallest absolute Gasteiger partial charge is 0.326 e. The van der Waals surface area contributed by atoms with Crippen molar-refractivity contribution in [2.75, 3.05) is 5.32 Å². The Balaban J connectivity index is 3.05. The second-order valence-electron chi connectivity index (χ2n) is 3.95. The van der Waals surface area contributed by atoms with Gasteiger partial charge in [0.25, 0.3) is 0 Å². The number of halogens is 3. The molecule has 0 aromatic heterocycles. The van der Waals surface area contributed by atoms with Crippen LogP contribution in [0.4, 0.5) is 10.1 Å². The first-order valence-electron chi connectivity index (χ1n) is 4.96. The first-order valence-corrected chi connectivity index (χ1v) is 6.14. The molecule has 0 saturated heterocycles. The van der Waals surface area contributed by atoms with Gasteiger partial charge in [-0.25, -0.2) is 9.18 Å². The molecule has 94 valence electrons. The van der Waals surface area contributed by atoms with E-state index in [1.165, 1.54) is 6.07 Å². The number of anilines is 1. The third-order valence-electron chi connectivity index (χ3n) is 2.24. The molecule has 0 spiro atoms. The standard InChI is InChI=1S/C11H12BrClFNO2/c1-5(2)9(11(16)17)15-10-7(12)3-6(14)4-8(10)13/h3-5,9,15H,1-2H3,(H,16,17). The third kappa shape index (κ3) is 3.57. The summed E-state index contributed by atoms with van der Waals surface area (Å²) in [6.07, 6.45) is 0. The van der Waals surface area contributed by atoms with E-state index in [4.69, 9.17) is 16.7 Å². The van der Waals surface area contributed by atoms with Crippen LogP contribution in [0.2, 0.25) is 5.02 Å². The fourth-order valence-corrected chi connectivity index (χ4v) is 2.27. The van der Waals surface area contributed by atoms with Crippen molar-refractivity contribution in [3.05, 3.63) is 27.4 Å². The van der Waals surface area contributed by atoms with Crippen molar-refractivity contribution in [3.63, 3.8) is 0 Å². The van der Waals surface area contributed by atoms with Crippen molar-refractivity contribution in [1.29, 1.82) is 0 Å². The van der Waals surface area contributed by atoms with Crippen LogP contribution in [0, 0.1) is 11.7 Å². The van der Waals surface area contributed by atoms with Gasteiger partial charge in [0.2, 0.25) is 0 Å².